The van der Waals surface area contributed by atoms with Crippen LogP contribution in [0.2, 0.25) is 0 Å². The molecule has 88 valence electrons. The number of hydrogen-bond acceptors (Lipinski definition) is 5. The third-order valence-electron chi connectivity index (χ3n) is 2.07. The van der Waals surface area contributed by atoms with Crippen molar-refractivity contribution in [3.8, 4) is 0 Å². The van der Waals surface area contributed by atoms with E-state index in [1.54, 1.807) is 24.3 Å². The van der Waals surface area contributed by atoms with Crippen LogP contribution in [0.4, 0.5) is 16.2 Å². The lowest BCUT2D eigenvalue weighted by Crippen LogP contribution is -2.16. The predicted octanol–water partition coefficient (Wildman–Crippen LogP) is 1.60. The van der Waals surface area contributed by atoms with Crippen LogP contribution in [0.15, 0.2) is 29.3 Å². The summed E-state index contributed by atoms with van der Waals surface area (Å²) >= 11 is 0. The Morgan fingerprint density at radius 1 is 1.65 bits per heavy atom. The van der Waals surface area contributed by atoms with Gasteiger partial charge in [-0.3, -0.25) is 5.32 Å². The molecule has 0 aliphatic carbocycles. The molecule has 0 spiro atoms. The highest BCUT2D eigenvalue weighted by Gasteiger charge is 2.24. The Hall–Kier alpha value is -2.17. The number of isocyanates is 1. The molecule has 1 aromatic carbocycles. The SMILES string of the molecule is O=C=Nc1cccc(NC(=O)OCC2CO2)c1. The van der Waals surface area contributed by atoms with Gasteiger partial charge in [0.15, 0.2) is 0 Å². The molecule has 1 N–H and O–H groups in total. The van der Waals surface area contributed by atoms with Crippen LogP contribution >= 0.6 is 0 Å². The molecule has 1 aromatic rings. The number of benzene rings is 1. The molecule has 1 atom stereocenters. The van der Waals surface area contributed by atoms with E-state index in [-0.39, 0.29) is 12.7 Å². The maximum absolute atomic E-state index is 11.3. The molecule has 0 bridgehead atoms. The smallest absolute Gasteiger partial charge is 0.411 e. The minimum Gasteiger partial charge on any atom is -0.446 e. The first-order valence-corrected chi connectivity index (χ1v) is 5.01. The number of ether oxygens (including phenoxy) is 2. The lowest BCUT2D eigenvalue weighted by Gasteiger charge is -2.05. The fourth-order valence-corrected chi connectivity index (χ4v) is 1.19. The maximum atomic E-state index is 11.3. The van der Waals surface area contributed by atoms with Crippen LogP contribution in [0.1, 0.15) is 0 Å². The lowest BCUT2D eigenvalue weighted by molar-refractivity contribution is 0.150. The molecular formula is C11H10N2O4. The van der Waals surface area contributed by atoms with Gasteiger partial charge < -0.3 is 9.47 Å². The van der Waals surface area contributed by atoms with Crippen molar-refractivity contribution in [3.05, 3.63) is 24.3 Å². The van der Waals surface area contributed by atoms with Crippen molar-refractivity contribution in [2.45, 2.75) is 6.10 Å². The van der Waals surface area contributed by atoms with E-state index in [1.165, 1.54) is 6.08 Å². The first-order chi connectivity index (χ1) is 8.28. The number of carbonyl (C=O) groups is 1. The third kappa shape index (κ3) is 3.71. The fourth-order valence-electron chi connectivity index (χ4n) is 1.19. The van der Waals surface area contributed by atoms with E-state index in [0.717, 1.165) is 0 Å². The average molecular weight is 234 g/mol. The van der Waals surface area contributed by atoms with Gasteiger partial charge in [-0.25, -0.2) is 9.59 Å². The van der Waals surface area contributed by atoms with Gasteiger partial charge >= 0.3 is 6.09 Å². The Kier molecular flexibility index (Phi) is 3.49. The van der Waals surface area contributed by atoms with Crippen molar-refractivity contribution in [3.63, 3.8) is 0 Å². The summed E-state index contributed by atoms with van der Waals surface area (Å²) in [4.78, 5) is 24.8. The highest BCUT2D eigenvalue weighted by Crippen LogP contribution is 2.17. The summed E-state index contributed by atoms with van der Waals surface area (Å²) in [7, 11) is 0. The Morgan fingerprint density at radius 3 is 3.18 bits per heavy atom. The van der Waals surface area contributed by atoms with Crippen LogP contribution in [0.25, 0.3) is 0 Å². The van der Waals surface area contributed by atoms with Crippen LogP contribution in [0, 0.1) is 0 Å². The predicted molar refractivity (Wildman–Crippen MR) is 58.9 cm³/mol. The molecule has 1 unspecified atom stereocenters. The quantitative estimate of drug-likeness (QED) is 0.487. The summed E-state index contributed by atoms with van der Waals surface area (Å²) in [5, 5.41) is 2.52. The van der Waals surface area contributed by atoms with E-state index >= 15 is 0 Å². The van der Waals surface area contributed by atoms with E-state index < -0.39 is 6.09 Å². The monoisotopic (exact) mass is 234 g/mol. The Labute approximate surface area is 97.2 Å². The first kappa shape index (κ1) is 11.3. The van der Waals surface area contributed by atoms with Gasteiger partial charge in [0.1, 0.15) is 12.7 Å². The van der Waals surface area contributed by atoms with E-state index in [2.05, 4.69) is 10.3 Å². The summed E-state index contributed by atoms with van der Waals surface area (Å²) in [6.45, 7) is 0.884. The molecule has 0 radical (unpaired) electrons. The second-order valence-corrected chi connectivity index (χ2v) is 3.43. The summed E-state index contributed by atoms with van der Waals surface area (Å²) in [6, 6.07) is 6.49. The average Bonchev–Trinajstić information content (AvgIpc) is 3.11. The zero-order chi connectivity index (χ0) is 12.1. The van der Waals surface area contributed by atoms with Gasteiger partial charge in [0, 0.05) is 5.69 Å². The number of rotatable bonds is 4. The number of carbonyl (C=O) groups excluding carboxylic acids is 2. The van der Waals surface area contributed by atoms with Gasteiger partial charge in [0.2, 0.25) is 6.08 Å². The number of nitrogens with zero attached hydrogens (tertiary/aromatic N) is 1. The normalized spacial score (nSPS) is 16.8. The minimum atomic E-state index is -0.562. The number of nitrogens with one attached hydrogen (secondary N) is 1. The van der Waals surface area contributed by atoms with Crippen LogP contribution in [-0.2, 0) is 14.3 Å². The Morgan fingerprint density at radius 2 is 2.47 bits per heavy atom. The molecule has 6 nitrogen and oxygen atoms in total. The van der Waals surface area contributed by atoms with E-state index in [0.29, 0.717) is 18.0 Å². The molecule has 6 heteroatoms. The molecule has 2 rings (SSSR count). The van der Waals surface area contributed by atoms with Crippen molar-refractivity contribution >= 4 is 23.5 Å². The molecule has 1 fully saturated rings. The minimum absolute atomic E-state index is 0.0340. The van der Waals surface area contributed by atoms with Crippen molar-refractivity contribution in [1.29, 1.82) is 0 Å². The maximum Gasteiger partial charge on any atom is 0.411 e. The second kappa shape index (κ2) is 5.25. The van der Waals surface area contributed by atoms with Crippen molar-refractivity contribution in [2.75, 3.05) is 18.5 Å². The summed E-state index contributed by atoms with van der Waals surface area (Å²) in [5.41, 5.74) is 0.923. The fraction of sp³-hybridized carbons (Fsp3) is 0.273. The molecular weight excluding hydrogens is 224 g/mol. The second-order valence-electron chi connectivity index (χ2n) is 3.43. The number of hydrogen-bond donors (Lipinski definition) is 1. The molecule has 1 saturated heterocycles. The topological polar surface area (TPSA) is 80.3 Å². The van der Waals surface area contributed by atoms with Gasteiger partial charge in [-0.1, -0.05) is 6.07 Å². The Balaban J connectivity index is 1.89. The van der Waals surface area contributed by atoms with Gasteiger partial charge in [-0.05, 0) is 18.2 Å². The van der Waals surface area contributed by atoms with E-state index in [4.69, 9.17) is 9.47 Å². The van der Waals surface area contributed by atoms with Gasteiger partial charge in [-0.15, -0.1) is 0 Å². The van der Waals surface area contributed by atoms with Gasteiger partial charge in [0.25, 0.3) is 0 Å². The first-order valence-electron chi connectivity index (χ1n) is 5.01. The summed E-state index contributed by atoms with van der Waals surface area (Å²) in [6.07, 6.45) is 0.899. The van der Waals surface area contributed by atoms with E-state index in [1.807, 2.05) is 0 Å². The summed E-state index contributed by atoms with van der Waals surface area (Å²) < 4.78 is 9.78. The molecule has 1 amide bonds. The largest absolute Gasteiger partial charge is 0.446 e. The molecule has 1 aliphatic rings. The number of aliphatic imine (C=N–C) groups is 1. The van der Waals surface area contributed by atoms with Gasteiger partial charge in [-0.2, -0.15) is 4.99 Å². The Bertz CT molecular complexity index is 464. The standard InChI is InChI=1S/C11H10N2O4/c14-7-12-8-2-1-3-9(4-8)13-11(15)17-6-10-5-16-10/h1-4,10H,5-6H2,(H,13,15). The highest BCUT2D eigenvalue weighted by atomic mass is 16.6. The van der Waals surface area contributed by atoms with Crippen LogP contribution < -0.4 is 5.32 Å². The molecule has 0 saturated carbocycles. The molecule has 1 heterocycles. The van der Waals surface area contributed by atoms with Crippen molar-refractivity contribution in [2.24, 2.45) is 4.99 Å². The van der Waals surface area contributed by atoms with Crippen LogP contribution in [-0.4, -0.2) is 31.5 Å². The number of anilines is 1. The van der Waals surface area contributed by atoms with Crippen LogP contribution in [0.5, 0.6) is 0 Å². The van der Waals surface area contributed by atoms with E-state index in [9.17, 15) is 9.59 Å². The third-order valence-corrected chi connectivity index (χ3v) is 2.07. The number of epoxide rings is 1. The summed E-state index contributed by atoms with van der Waals surface area (Å²) in [5.74, 6) is 0. The zero-order valence-corrected chi connectivity index (χ0v) is 8.88. The molecule has 0 aromatic heterocycles. The van der Waals surface area contributed by atoms with Crippen molar-refractivity contribution in [1.82, 2.24) is 0 Å². The molecule has 17 heavy (non-hydrogen) atoms. The highest BCUT2D eigenvalue weighted by molar-refractivity contribution is 5.85. The zero-order valence-electron chi connectivity index (χ0n) is 8.88. The van der Waals surface area contributed by atoms with Crippen molar-refractivity contribution < 1.29 is 19.1 Å². The lowest BCUT2D eigenvalue weighted by atomic mass is 10.3. The molecule has 1 aliphatic heterocycles. The number of amides is 1. The van der Waals surface area contributed by atoms with Crippen LogP contribution in [0.3, 0.4) is 0 Å². The van der Waals surface area contributed by atoms with Gasteiger partial charge in [0.05, 0.1) is 12.3 Å².